The Labute approximate surface area is 105 Å². The summed E-state index contributed by atoms with van der Waals surface area (Å²) in [5, 5.41) is 3.49. The van der Waals surface area contributed by atoms with Crippen molar-refractivity contribution in [1.29, 1.82) is 0 Å². The topological polar surface area (TPSA) is 34.1 Å². The molecule has 1 aromatic rings. The zero-order valence-electron chi connectivity index (χ0n) is 9.29. The predicted molar refractivity (Wildman–Crippen MR) is 67.7 cm³/mol. The first-order valence-electron chi connectivity index (χ1n) is 5.81. The van der Waals surface area contributed by atoms with Crippen molar-refractivity contribution in [2.45, 2.75) is 31.7 Å². The smallest absolute Gasteiger partial charge is 0.138 e. The van der Waals surface area contributed by atoms with E-state index in [4.69, 9.17) is 4.74 Å². The third kappa shape index (κ3) is 3.76. The second-order valence-electron chi connectivity index (χ2n) is 4.12. The molecule has 1 aliphatic heterocycles. The molecule has 1 aromatic heterocycles. The lowest BCUT2D eigenvalue weighted by atomic mass is 10.1. The van der Waals surface area contributed by atoms with Crippen LogP contribution in [0.2, 0.25) is 0 Å². The van der Waals surface area contributed by atoms with Gasteiger partial charge in [-0.15, -0.1) is 0 Å². The number of hydrogen-bond donors (Lipinski definition) is 1. The Bertz CT molecular complexity index is 327. The van der Waals surface area contributed by atoms with Crippen molar-refractivity contribution in [3.05, 3.63) is 22.9 Å². The Balaban J connectivity index is 1.64. The van der Waals surface area contributed by atoms with Gasteiger partial charge in [0, 0.05) is 16.7 Å². The molecule has 4 heteroatoms. The van der Waals surface area contributed by atoms with Gasteiger partial charge in [0.2, 0.25) is 0 Å². The van der Waals surface area contributed by atoms with Crippen LogP contribution in [0, 0.1) is 0 Å². The summed E-state index contributed by atoms with van der Waals surface area (Å²) in [7, 11) is 0. The summed E-state index contributed by atoms with van der Waals surface area (Å²) in [6.45, 7) is 1.96. The molecule has 0 amide bonds. The largest absolute Gasteiger partial charge is 0.492 e. The highest BCUT2D eigenvalue weighted by Crippen LogP contribution is 2.16. The second-order valence-corrected chi connectivity index (χ2v) is 5.04. The first-order valence-corrected chi connectivity index (χ1v) is 6.60. The van der Waals surface area contributed by atoms with Crippen LogP contribution in [0.15, 0.2) is 22.9 Å². The zero-order valence-corrected chi connectivity index (χ0v) is 10.9. The number of nitrogens with zero attached hydrogens (tertiary/aromatic N) is 1. The van der Waals surface area contributed by atoms with Crippen molar-refractivity contribution in [2.24, 2.45) is 0 Å². The normalized spacial score (nSPS) is 19.9. The molecule has 3 nitrogen and oxygen atoms in total. The molecule has 2 heterocycles. The Kier molecular flexibility index (Phi) is 4.60. The number of halogens is 1. The molecule has 1 atom stereocenters. The third-order valence-electron chi connectivity index (χ3n) is 2.81. The van der Waals surface area contributed by atoms with E-state index < -0.39 is 0 Å². The van der Waals surface area contributed by atoms with Crippen LogP contribution in [0.25, 0.3) is 0 Å². The maximum Gasteiger partial charge on any atom is 0.138 e. The van der Waals surface area contributed by atoms with E-state index in [0.29, 0.717) is 6.04 Å². The first-order chi connectivity index (χ1) is 7.84. The van der Waals surface area contributed by atoms with Crippen LogP contribution in [0.3, 0.4) is 0 Å². The Hall–Kier alpha value is -0.610. The van der Waals surface area contributed by atoms with Gasteiger partial charge in [0.1, 0.15) is 5.75 Å². The van der Waals surface area contributed by atoms with E-state index in [0.717, 1.165) is 23.2 Å². The molecule has 0 aliphatic carbocycles. The van der Waals surface area contributed by atoms with Crippen molar-refractivity contribution in [3.63, 3.8) is 0 Å². The molecular weight excluding hydrogens is 268 g/mol. The van der Waals surface area contributed by atoms with Gasteiger partial charge in [-0.3, -0.25) is 4.98 Å². The van der Waals surface area contributed by atoms with Crippen LogP contribution in [0.5, 0.6) is 5.75 Å². The zero-order chi connectivity index (χ0) is 11.2. The minimum atomic E-state index is 0.712. The highest BCUT2D eigenvalue weighted by atomic mass is 79.9. The molecule has 1 aliphatic rings. The van der Waals surface area contributed by atoms with E-state index in [1.807, 2.05) is 6.07 Å². The number of ether oxygens (including phenoxy) is 1. The van der Waals surface area contributed by atoms with Gasteiger partial charge in [0.25, 0.3) is 0 Å². The van der Waals surface area contributed by atoms with Gasteiger partial charge >= 0.3 is 0 Å². The minimum absolute atomic E-state index is 0.712. The van der Waals surface area contributed by atoms with E-state index in [2.05, 4.69) is 26.2 Å². The van der Waals surface area contributed by atoms with Gasteiger partial charge in [-0.05, 0) is 54.2 Å². The van der Waals surface area contributed by atoms with Crippen LogP contribution in [0.4, 0.5) is 0 Å². The highest BCUT2D eigenvalue weighted by Gasteiger charge is 2.12. The fraction of sp³-hybridized carbons (Fsp3) is 0.583. The number of pyridine rings is 1. The van der Waals surface area contributed by atoms with E-state index in [-0.39, 0.29) is 0 Å². The quantitative estimate of drug-likeness (QED) is 0.845. The SMILES string of the molecule is Brc1cncc(OCCCC2CCCN2)c1. The fourth-order valence-corrected chi connectivity index (χ4v) is 2.34. The third-order valence-corrected chi connectivity index (χ3v) is 3.24. The van der Waals surface area contributed by atoms with Gasteiger partial charge in [-0.1, -0.05) is 0 Å². The molecular formula is C12H17BrN2O. The summed E-state index contributed by atoms with van der Waals surface area (Å²) < 4.78 is 6.59. The fourth-order valence-electron chi connectivity index (χ4n) is 1.99. The molecule has 16 heavy (non-hydrogen) atoms. The number of aromatic nitrogens is 1. The number of hydrogen-bond acceptors (Lipinski definition) is 3. The summed E-state index contributed by atoms with van der Waals surface area (Å²) in [5.41, 5.74) is 0. The molecule has 0 bridgehead atoms. The maximum absolute atomic E-state index is 5.63. The Morgan fingerprint density at radius 3 is 3.19 bits per heavy atom. The molecule has 2 rings (SSSR count). The van der Waals surface area contributed by atoms with Crippen LogP contribution in [0.1, 0.15) is 25.7 Å². The van der Waals surface area contributed by atoms with Crippen LogP contribution < -0.4 is 10.1 Å². The molecule has 1 unspecified atom stereocenters. The molecule has 0 aromatic carbocycles. The summed E-state index contributed by atoms with van der Waals surface area (Å²) in [5.74, 6) is 0.841. The van der Waals surface area contributed by atoms with E-state index in [1.165, 1.54) is 25.8 Å². The van der Waals surface area contributed by atoms with Crippen molar-refractivity contribution in [2.75, 3.05) is 13.2 Å². The van der Waals surface area contributed by atoms with E-state index in [1.54, 1.807) is 12.4 Å². The average molecular weight is 285 g/mol. The van der Waals surface area contributed by atoms with Gasteiger partial charge < -0.3 is 10.1 Å². The summed E-state index contributed by atoms with van der Waals surface area (Å²) in [6, 6.07) is 2.66. The van der Waals surface area contributed by atoms with Crippen LogP contribution >= 0.6 is 15.9 Å². The van der Waals surface area contributed by atoms with Crippen LogP contribution in [-0.2, 0) is 0 Å². The molecule has 0 radical (unpaired) electrons. The summed E-state index contributed by atoms with van der Waals surface area (Å²) in [4.78, 5) is 4.06. The van der Waals surface area contributed by atoms with Gasteiger partial charge in [-0.2, -0.15) is 0 Å². The number of nitrogens with one attached hydrogen (secondary N) is 1. The van der Waals surface area contributed by atoms with E-state index >= 15 is 0 Å². The van der Waals surface area contributed by atoms with Crippen LogP contribution in [-0.4, -0.2) is 24.2 Å². The van der Waals surface area contributed by atoms with Crippen molar-refractivity contribution >= 4 is 15.9 Å². The van der Waals surface area contributed by atoms with Crippen molar-refractivity contribution in [3.8, 4) is 5.75 Å². The summed E-state index contributed by atoms with van der Waals surface area (Å²) >= 11 is 3.37. The molecule has 1 fully saturated rings. The lowest BCUT2D eigenvalue weighted by molar-refractivity contribution is 0.297. The predicted octanol–water partition coefficient (Wildman–Crippen LogP) is 2.76. The van der Waals surface area contributed by atoms with Gasteiger partial charge in [0.05, 0.1) is 12.8 Å². The molecule has 0 saturated carbocycles. The molecule has 88 valence electrons. The minimum Gasteiger partial charge on any atom is -0.492 e. The average Bonchev–Trinajstić information content (AvgIpc) is 2.77. The lowest BCUT2D eigenvalue weighted by Crippen LogP contribution is -2.21. The highest BCUT2D eigenvalue weighted by molar-refractivity contribution is 9.10. The summed E-state index contributed by atoms with van der Waals surface area (Å²) in [6.07, 6.45) is 8.46. The second kappa shape index (κ2) is 6.21. The van der Waals surface area contributed by atoms with Gasteiger partial charge in [0.15, 0.2) is 0 Å². The standard InChI is InChI=1S/C12H17BrN2O/c13-10-7-12(9-14-8-10)16-6-2-4-11-3-1-5-15-11/h7-9,11,15H,1-6H2. The number of rotatable bonds is 5. The molecule has 1 N–H and O–H groups in total. The Morgan fingerprint density at radius 2 is 2.44 bits per heavy atom. The van der Waals surface area contributed by atoms with Gasteiger partial charge in [-0.25, -0.2) is 0 Å². The van der Waals surface area contributed by atoms with Crippen molar-refractivity contribution < 1.29 is 4.74 Å². The lowest BCUT2D eigenvalue weighted by Gasteiger charge is -2.10. The van der Waals surface area contributed by atoms with E-state index in [9.17, 15) is 0 Å². The Morgan fingerprint density at radius 1 is 1.50 bits per heavy atom. The molecule has 1 saturated heterocycles. The van der Waals surface area contributed by atoms with Crippen molar-refractivity contribution in [1.82, 2.24) is 10.3 Å². The first kappa shape index (κ1) is 11.9. The maximum atomic E-state index is 5.63. The molecule has 0 spiro atoms. The monoisotopic (exact) mass is 284 g/mol.